The van der Waals surface area contributed by atoms with Crippen LogP contribution in [0, 0.1) is 17.7 Å². The molecular weight excluding hydrogens is 596 g/mol. The fraction of sp³-hybridized carbons (Fsp3) is 0.355. The number of halogens is 3. The Kier molecular flexibility index (Phi) is 9.37. The van der Waals surface area contributed by atoms with E-state index in [2.05, 4.69) is 4.98 Å². The Balaban J connectivity index is 1.40. The number of piperidine rings is 1. The van der Waals surface area contributed by atoms with Crippen molar-refractivity contribution in [2.24, 2.45) is 17.6 Å². The fourth-order valence-corrected chi connectivity index (χ4v) is 6.34. The highest BCUT2D eigenvalue weighted by Crippen LogP contribution is 2.37. The number of ether oxygens (including phenoxy) is 1. The second-order valence-electron chi connectivity index (χ2n) is 10.7. The first-order valence-corrected chi connectivity index (χ1v) is 14.8. The molecule has 3 amide bonds. The first-order chi connectivity index (χ1) is 20.7. The Morgan fingerprint density at radius 3 is 2.44 bits per heavy atom. The summed E-state index contributed by atoms with van der Waals surface area (Å²) in [5.74, 6) is -1.92. The number of aromatic nitrogens is 1. The van der Waals surface area contributed by atoms with Crippen molar-refractivity contribution in [2.45, 2.75) is 25.3 Å². The number of nitrogens with two attached hydrogens (primary N) is 1. The largest absolute Gasteiger partial charge is 0.415 e. The van der Waals surface area contributed by atoms with Crippen molar-refractivity contribution < 1.29 is 23.5 Å². The van der Waals surface area contributed by atoms with Gasteiger partial charge in [-0.15, -0.1) is 0 Å². The van der Waals surface area contributed by atoms with E-state index in [1.54, 1.807) is 28.1 Å². The van der Waals surface area contributed by atoms with Crippen molar-refractivity contribution in [3.8, 4) is 5.75 Å². The molecule has 2 fully saturated rings. The van der Waals surface area contributed by atoms with Crippen molar-refractivity contribution in [2.75, 3.05) is 37.6 Å². The van der Waals surface area contributed by atoms with E-state index in [1.165, 1.54) is 24.3 Å². The van der Waals surface area contributed by atoms with Gasteiger partial charge in [0.05, 0.1) is 27.9 Å². The molecule has 1 aromatic heterocycles. The summed E-state index contributed by atoms with van der Waals surface area (Å²) in [6.45, 7) is 3.42. The summed E-state index contributed by atoms with van der Waals surface area (Å²) in [5, 5.41) is 0.746. The molecule has 0 aliphatic carbocycles. The van der Waals surface area contributed by atoms with Crippen molar-refractivity contribution >= 4 is 46.9 Å². The number of nitrogens with zero attached hydrogens (tertiary/aromatic N) is 4. The van der Waals surface area contributed by atoms with Gasteiger partial charge in [-0.05, 0) is 67.4 Å². The van der Waals surface area contributed by atoms with Crippen LogP contribution >= 0.6 is 23.2 Å². The number of rotatable bonds is 7. The third-order valence-corrected chi connectivity index (χ3v) is 8.97. The van der Waals surface area contributed by atoms with Gasteiger partial charge in [0.1, 0.15) is 17.4 Å². The van der Waals surface area contributed by atoms with Gasteiger partial charge in [-0.25, -0.2) is 14.2 Å². The molecule has 2 N–H and O–H groups in total. The molecule has 2 saturated heterocycles. The molecule has 9 nitrogen and oxygen atoms in total. The molecule has 2 aliphatic heterocycles. The van der Waals surface area contributed by atoms with Crippen LogP contribution in [0.5, 0.6) is 5.75 Å². The number of amides is 3. The third kappa shape index (κ3) is 6.70. The van der Waals surface area contributed by atoms with Gasteiger partial charge in [0.2, 0.25) is 11.8 Å². The van der Waals surface area contributed by atoms with E-state index in [-0.39, 0.29) is 43.8 Å². The van der Waals surface area contributed by atoms with Gasteiger partial charge < -0.3 is 25.2 Å². The lowest BCUT2D eigenvalue weighted by molar-refractivity contribution is -0.141. The Hall–Kier alpha value is -3.89. The molecule has 0 saturated carbocycles. The van der Waals surface area contributed by atoms with Crippen LogP contribution < -0.4 is 15.4 Å². The predicted molar refractivity (Wildman–Crippen MR) is 162 cm³/mol. The van der Waals surface area contributed by atoms with Crippen LogP contribution in [0.4, 0.5) is 15.0 Å². The van der Waals surface area contributed by atoms with Gasteiger partial charge in [0, 0.05) is 44.8 Å². The number of hydrogen-bond acceptors (Lipinski definition) is 6. The van der Waals surface area contributed by atoms with E-state index in [0.717, 1.165) is 11.4 Å². The second-order valence-corrected chi connectivity index (χ2v) is 11.6. The zero-order valence-electron chi connectivity index (χ0n) is 23.5. The van der Waals surface area contributed by atoms with Crippen LogP contribution in [0.3, 0.4) is 0 Å². The predicted octanol–water partition coefficient (Wildman–Crippen LogP) is 4.97. The van der Waals surface area contributed by atoms with Crippen molar-refractivity contribution in [1.82, 2.24) is 14.8 Å². The summed E-state index contributed by atoms with van der Waals surface area (Å²) in [6.07, 6.45) is 1.48. The van der Waals surface area contributed by atoms with E-state index in [9.17, 15) is 18.8 Å². The van der Waals surface area contributed by atoms with Crippen molar-refractivity contribution in [3.63, 3.8) is 0 Å². The Bertz CT molecular complexity index is 1480. The third-order valence-electron chi connectivity index (χ3n) is 8.24. The molecule has 226 valence electrons. The maximum atomic E-state index is 14.1. The van der Waals surface area contributed by atoms with Crippen LogP contribution in [-0.2, 0) is 9.59 Å². The number of hydrogen-bond donors (Lipinski definition) is 1. The van der Waals surface area contributed by atoms with E-state index in [1.807, 2.05) is 36.1 Å². The zero-order valence-corrected chi connectivity index (χ0v) is 25.0. The summed E-state index contributed by atoms with van der Waals surface area (Å²) in [7, 11) is 0. The number of carbonyl (C=O) groups excluding carboxylic acids is 3. The lowest BCUT2D eigenvalue weighted by Crippen LogP contribution is -2.52. The number of likely N-dealkylation sites (tertiary alicyclic amines) is 1. The number of anilines is 1. The van der Waals surface area contributed by atoms with Gasteiger partial charge >= 0.3 is 6.09 Å². The minimum absolute atomic E-state index is 0.194. The van der Waals surface area contributed by atoms with Crippen LogP contribution in [0.15, 0.2) is 66.9 Å². The molecule has 0 bridgehead atoms. The minimum atomic E-state index is -0.712. The molecule has 43 heavy (non-hydrogen) atoms. The van der Waals surface area contributed by atoms with E-state index in [4.69, 9.17) is 33.7 Å². The molecule has 0 radical (unpaired) electrons. The van der Waals surface area contributed by atoms with Gasteiger partial charge in [-0.3, -0.25) is 9.59 Å². The monoisotopic (exact) mass is 627 g/mol. The van der Waals surface area contributed by atoms with Crippen LogP contribution in [0.25, 0.3) is 0 Å². The molecular formula is C31H32Cl2FN5O4. The van der Waals surface area contributed by atoms with Gasteiger partial charge in [0.15, 0.2) is 0 Å². The topological polar surface area (TPSA) is 109 Å². The van der Waals surface area contributed by atoms with Crippen LogP contribution in [-0.4, -0.2) is 71.5 Å². The summed E-state index contributed by atoms with van der Waals surface area (Å²) in [5.41, 5.74) is 6.63. The molecule has 3 aromatic rings. The minimum Gasteiger partial charge on any atom is -0.410 e. The maximum Gasteiger partial charge on any atom is 0.415 e. The Labute approximate surface area is 259 Å². The van der Waals surface area contributed by atoms with E-state index < -0.39 is 35.7 Å². The molecule has 2 aromatic carbocycles. The van der Waals surface area contributed by atoms with Gasteiger partial charge in [-0.2, -0.15) is 0 Å². The lowest BCUT2D eigenvalue weighted by atomic mass is 9.83. The average molecular weight is 629 g/mol. The number of likely N-dealkylation sites (N-methyl/N-ethyl adjacent to an activating group) is 1. The molecule has 2 aliphatic rings. The number of primary amides is 1. The molecule has 2 unspecified atom stereocenters. The number of pyridine rings is 1. The smallest absolute Gasteiger partial charge is 0.410 e. The van der Waals surface area contributed by atoms with Gasteiger partial charge in [0.25, 0.3) is 0 Å². The highest BCUT2D eigenvalue weighted by molar-refractivity contribution is 6.42. The lowest BCUT2D eigenvalue weighted by Gasteiger charge is -2.38. The first-order valence-electron chi connectivity index (χ1n) is 14.1. The molecule has 12 heteroatoms. The van der Waals surface area contributed by atoms with Gasteiger partial charge in [-0.1, -0.05) is 35.3 Å². The fourth-order valence-electron chi connectivity index (χ4n) is 6.03. The second kappa shape index (κ2) is 13.2. The SMILES string of the molecule is CCN(C(=O)Oc1ccc(F)cc1)[C@@H]1CN(C(=O)C2CCN(c3ccccn3)CC2C(N)=O)C[C@H]1c1ccc(Cl)c(Cl)c1. The molecule has 0 spiro atoms. The number of benzene rings is 2. The van der Waals surface area contributed by atoms with E-state index >= 15 is 0 Å². The summed E-state index contributed by atoms with van der Waals surface area (Å²) >= 11 is 12.6. The summed E-state index contributed by atoms with van der Waals surface area (Å²) in [6, 6.07) is 15.5. The maximum absolute atomic E-state index is 14.1. The van der Waals surface area contributed by atoms with Crippen molar-refractivity contribution in [3.05, 3.63) is 88.3 Å². The Morgan fingerprint density at radius 1 is 1.02 bits per heavy atom. The van der Waals surface area contributed by atoms with Crippen LogP contribution in [0.2, 0.25) is 10.0 Å². The first kappa shape index (κ1) is 30.6. The zero-order chi connectivity index (χ0) is 30.7. The van der Waals surface area contributed by atoms with Crippen LogP contribution in [0.1, 0.15) is 24.8 Å². The average Bonchev–Trinajstić information content (AvgIpc) is 3.45. The standard InChI is InChI=1S/C31H32Cl2FN5O4/c1-2-39(31(42)43-21-9-7-20(34)8-10-21)27-18-38(16-23(27)19-6-11-25(32)26(33)15-19)30(41)22-12-14-37(17-24(22)29(35)40)28-5-3-4-13-36-28/h3-11,13,15,22-24,27H,2,12,14,16-18H2,1H3,(H2,35,40)/t22?,23-,24?,27+/m0/s1. The summed E-state index contributed by atoms with van der Waals surface area (Å²) in [4.78, 5) is 49.7. The number of carbonyl (C=O) groups is 3. The van der Waals surface area contributed by atoms with Crippen molar-refractivity contribution in [1.29, 1.82) is 0 Å². The Morgan fingerprint density at radius 2 is 1.79 bits per heavy atom. The summed E-state index contributed by atoms with van der Waals surface area (Å²) < 4.78 is 19.0. The molecule has 3 heterocycles. The quantitative estimate of drug-likeness (QED) is 0.396. The normalized spacial score (nSPS) is 21.9. The van der Waals surface area contributed by atoms with E-state index in [0.29, 0.717) is 23.0 Å². The molecule has 5 rings (SSSR count). The highest BCUT2D eigenvalue weighted by Gasteiger charge is 2.46. The molecule has 4 atom stereocenters. The highest BCUT2D eigenvalue weighted by atomic mass is 35.5.